The molecule has 0 spiro atoms. The quantitative estimate of drug-likeness (QED) is 0.668. The largest absolute Gasteiger partial charge is 0.490 e. The highest BCUT2D eigenvalue weighted by atomic mass is 16.7. The Labute approximate surface area is 131 Å². The Kier molecular flexibility index (Phi) is 5.13. The first-order valence-electron chi connectivity index (χ1n) is 8.00. The van der Waals surface area contributed by atoms with Crippen LogP contribution < -0.4 is 0 Å². The van der Waals surface area contributed by atoms with Gasteiger partial charge < -0.3 is 19.3 Å². The van der Waals surface area contributed by atoms with Crippen molar-refractivity contribution < 1.29 is 19.3 Å². The molecule has 0 aromatic heterocycles. The Bertz CT molecular complexity index is 520. The van der Waals surface area contributed by atoms with Gasteiger partial charge in [-0.25, -0.2) is 0 Å². The van der Waals surface area contributed by atoms with Crippen molar-refractivity contribution in [3.63, 3.8) is 0 Å². The van der Waals surface area contributed by atoms with Crippen LogP contribution in [-0.4, -0.2) is 25.1 Å². The summed E-state index contributed by atoms with van der Waals surface area (Å²) in [6.07, 6.45) is 4.54. The third kappa shape index (κ3) is 3.51. The molecule has 2 aliphatic rings. The highest BCUT2D eigenvalue weighted by Gasteiger charge is 2.31. The van der Waals surface area contributed by atoms with Crippen LogP contribution >= 0.6 is 0 Å². The number of ether oxygens (including phenoxy) is 3. The molecule has 1 aromatic carbocycles. The normalized spacial score (nSPS) is 24.8. The summed E-state index contributed by atoms with van der Waals surface area (Å²) in [6, 6.07) is 8.23. The Morgan fingerprint density at radius 2 is 1.95 bits per heavy atom. The number of aliphatic hydroxyl groups excluding tert-OH is 1. The lowest BCUT2D eigenvalue weighted by atomic mass is 9.87. The van der Waals surface area contributed by atoms with Crippen molar-refractivity contribution in [2.24, 2.45) is 0 Å². The maximum absolute atomic E-state index is 10.4. The first-order valence-corrected chi connectivity index (χ1v) is 8.00. The number of hydrogen-bond acceptors (Lipinski definition) is 4. The molecule has 0 saturated carbocycles. The highest BCUT2D eigenvalue weighted by molar-refractivity contribution is 5.27. The zero-order chi connectivity index (χ0) is 15.4. The van der Waals surface area contributed by atoms with Gasteiger partial charge in [-0.2, -0.15) is 0 Å². The second-order valence-electron chi connectivity index (χ2n) is 6.01. The summed E-state index contributed by atoms with van der Waals surface area (Å²) in [4.78, 5) is 0. The third-order valence-corrected chi connectivity index (χ3v) is 4.40. The summed E-state index contributed by atoms with van der Waals surface area (Å²) in [5, 5.41) is 10.4. The fourth-order valence-electron chi connectivity index (χ4n) is 3.23. The smallest absolute Gasteiger partial charge is 0.146 e. The first kappa shape index (κ1) is 15.5. The summed E-state index contributed by atoms with van der Waals surface area (Å²) >= 11 is 0. The number of hydrogen-bond donors (Lipinski definition) is 1. The average Bonchev–Trinajstić information content (AvgIpc) is 2.56. The van der Waals surface area contributed by atoms with Crippen LogP contribution in [0.25, 0.3) is 0 Å². The molecule has 0 bridgehead atoms. The molecule has 120 valence electrons. The van der Waals surface area contributed by atoms with Gasteiger partial charge in [0.1, 0.15) is 12.9 Å². The summed E-state index contributed by atoms with van der Waals surface area (Å²) in [7, 11) is 1.61. The van der Waals surface area contributed by atoms with Crippen LogP contribution in [0.4, 0.5) is 0 Å². The van der Waals surface area contributed by atoms with E-state index >= 15 is 0 Å². The minimum atomic E-state index is -0.348. The fourth-order valence-corrected chi connectivity index (χ4v) is 3.23. The van der Waals surface area contributed by atoms with Crippen molar-refractivity contribution in [3.05, 3.63) is 46.7 Å². The number of methoxy groups -OCH3 is 1. The Morgan fingerprint density at radius 1 is 1.18 bits per heavy atom. The van der Waals surface area contributed by atoms with Gasteiger partial charge in [0, 0.05) is 20.0 Å². The van der Waals surface area contributed by atoms with E-state index in [1.807, 2.05) is 12.1 Å². The molecule has 4 heteroatoms. The van der Waals surface area contributed by atoms with Gasteiger partial charge in [-0.1, -0.05) is 24.3 Å². The van der Waals surface area contributed by atoms with E-state index in [9.17, 15) is 5.11 Å². The number of allylic oxidation sites excluding steroid dienone is 1. The predicted molar refractivity (Wildman–Crippen MR) is 83.1 cm³/mol. The van der Waals surface area contributed by atoms with Crippen LogP contribution in [0.3, 0.4) is 0 Å². The molecule has 1 aliphatic heterocycles. The van der Waals surface area contributed by atoms with Gasteiger partial charge in [-0.15, -0.1) is 0 Å². The minimum Gasteiger partial charge on any atom is -0.490 e. The SMILES string of the molecule is COCOCc1ccc([C@H]2C[C@@H](O)C3=C(CCCC3)O2)cc1. The van der Waals surface area contributed by atoms with Crippen molar-refractivity contribution in [3.8, 4) is 0 Å². The number of benzene rings is 1. The van der Waals surface area contributed by atoms with E-state index in [0.717, 1.165) is 41.7 Å². The van der Waals surface area contributed by atoms with Crippen molar-refractivity contribution >= 4 is 0 Å². The summed E-state index contributed by atoms with van der Waals surface area (Å²) < 4.78 is 16.4. The van der Waals surface area contributed by atoms with Gasteiger partial charge in [0.15, 0.2) is 0 Å². The van der Waals surface area contributed by atoms with E-state index in [-0.39, 0.29) is 12.2 Å². The molecule has 0 saturated heterocycles. The monoisotopic (exact) mass is 304 g/mol. The molecule has 0 fully saturated rings. The van der Waals surface area contributed by atoms with Crippen molar-refractivity contribution in [2.45, 2.75) is 50.9 Å². The molecule has 1 aromatic rings. The summed E-state index contributed by atoms with van der Waals surface area (Å²) in [5.41, 5.74) is 3.36. The lowest BCUT2D eigenvalue weighted by Gasteiger charge is -2.34. The lowest BCUT2D eigenvalue weighted by molar-refractivity contribution is -0.0390. The third-order valence-electron chi connectivity index (χ3n) is 4.40. The van der Waals surface area contributed by atoms with Gasteiger partial charge in [-0.05, 0) is 36.0 Å². The molecule has 1 N–H and O–H groups in total. The Balaban J connectivity index is 1.66. The van der Waals surface area contributed by atoms with Crippen LogP contribution in [0.5, 0.6) is 0 Å². The van der Waals surface area contributed by atoms with E-state index in [4.69, 9.17) is 14.2 Å². The standard InChI is InChI=1S/C18H24O4/c1-20-12-21-11-13-6-8-14(9-7-13)18-10-16(19)15-4-2-3-5-17(15)22-18/h6-9,16,18-19H,2-5,10-12H2,1H3/t16-,18-/m1/s1. The van der Waals surface area contributed by atoms with Crippen molar-refractivity contribution in [1.82, 2.24) is 0 Å². The molecular formula is C18H24O4. The molecule has 4 nitrogen and oxygen atoms in total. The van der Waals surface area contributed by atoms with Crippen LogP contribution in [0.2, 0.25) is 0 Å². The Hall–Kier alpha value is -1.36. The topological polar surface area (TPSA) is 47.9 Å². The van der Waals surface area contributed by atoms with Crippen LogP contribution in [0.15, 0.2) is 35.6 Å². The Morgan fingerprint density at radius 3 is 2.73 bits per heavy atom. The van der Waals surface area contributed by atoms with E-state index in [1.54, 1.807) is 7.11 Å². The second kappa shape index (κ2) is 7.27. The summed E-state index contributed by atoms with van der Waals surface area (Å²) in [5.74, 6) is 1.03. The highest BCUT2D eigenvalue weighted by Crippen LogP contribution is 2.40. The van der Waals surface area contributed by atoms with Gasteiger partial charge in [-0.3, -0.25) is 0 Å². The maximum atomic E-state index is 10.4. The van der Waals surface area contributed by atoms with Crippen LogP contribution in [0.1, 0.15) is 49.3 Å². The number of rotatable bonds is 5. The van der Waals surface area contributed by atoms with E-state index in [0.29, 0.717) is 19.8 Å². The molecular weight excluding hydrogens is 280 g/mol. The fraction of sp³-hybridized carbons (Fsp3) is 0.556. The lowest BCUT2D eigenvalue weighted by Crippen LogP contribution is -2.26. The summed E-state index contributed by atoms with van der Waals surface area (Å²) in [6.45, 7) is 0.841. The second-order valence-corrected chi connectivity index (χ2v) is 6.01. The predicted octanol–water partition coefficient (Wildman–Crippen LogP) is 3.46. The van der Waals surface area contributed by atoms with Crippen molar-refractivity contribution in [1.29, 1.82) is 0 Å². The molecule has 22 heavy (non-hydrogen) atoms. The molecule has 0 unspecified atom stereocenters. The first-order chi connectivity index (χ1) is 10.8. The molecule has 1 aliphatic carbocycles. The van der Waals surface area contributed by atoms with Crippen LogP contribution in [-0.2, 0) is 20.8 Å². The van der Waals surface area contributed by atoms with E-state index in [2.05, 4.69) is 12.1 Å². The zero-order valence-corrected chi connectivity index (χ0v) is 13.1. The van der Waals surface area contributed by atoms with Gasteiger partial charge in [0.2, 0.25) is 0 Å². The van der Waals surface area contributed by atoms with E-state index < -0.39 is 0 Å². The molecule has 0 radical (unpaired) electrons. The maximum Gasteiger partial charge on any atom is 0.146 e. The average molecular weight is 304 g/mol. The zero-order valence-electron chi connectivity index (χ0n) is 13.1. The molecule has 0 amide bonds. The van der Waals surface area contributed by atoms with Gasteiger partial charge in [0.05, 0.1) is 18.5 Å². The van der Waals surface area contributed by atoms with Crippen molar-refractivity contribution in [2.75, 3.05) is 13.9 Å². The van der Waals surface area contributed by atoms with Crippen LogP contribution in [0, 0.1) is 0 Å². The van der Waals surface area contributed by atoms with E-state index in [1.165, 1.54) is 6.42 Å². The minimum absolute atomic E-state index is 0.0409. The van der Waals surface area contributed by atoms with Gasteiger partial charge in [0.25, 0.3) is 0 Å². The molecule has 2 atom stereocenters. The number of aliphatic hydroxyl groups is 1. The molecule has 3 rings (SSSR count). The molecule has 1 heterocycles. The van der Waals surface area contributed by atoms with Gasteiger partial charge >= 0.3 is 0 Å².